The van der Waals surface area contributed by atoms with Crippen LogP contribution in [0.1, 0.15) is 12.8 Å². The van der Waals surface area contributed by atoms with Crippen molar-refractivity contribution in [2.75, 3.05) is 19.7 Å². The van der Waals surface area contributed by atoms with Crippen molar-refractivity contribution in [1.82, 2.24) is 5.32 Å². The van der Waals surface area contributed by atoms with Gasteiger partial charge in [-0.3, -0.25) is 0 Å². The molecule has 0 aromatic rings. The van der Waals surface area contributed by atoms with Gasteiger partial charge in [-0.15, -0.1) is 0 Å². The van der Waals surface area contributed by atoms with Crippen LogP contribution in [0, 0.1) is 0 Å². The Bertz CT molecular complexity index is 155. The third-order valence-electron chi connectivity index (χ3n) is 1.86. The molecule has 0 radical (unpaired) electrons. The van der Waals surface area contributed by atoms with E-state index < -0.39 is 0 Å². The van der Waals surface area contributed by atoms with E-state index in [0.717, 1.165) is 25.9 Å². The van der Waals surface area contributed by atoms with Crippen LogP contribution in [0.2, 0.25) is 0 Å². The molecular formula is C8H13Cl2NO. The van der Waals surface area contributed by atoms with Crippen LogP contribution in [0.15, 0.2) is 10.6 Å². The van der Waals surface area contributed by atoms with Gasteiger partial charge in [-0.2, -0.15) is 0 Å². The zero-order valence-corrected chi connectivity index (χ0v) is 8.37. The molecule has 0 unspecified atom stereocenters. The lowest BCUT2D eigenvalue weighted by Gasteiger charge is -2.22. The third kappa shape index (κ3) is 3.76. The number of rotatable bonds is 3. The molecule has 0 spiro atoms. The summed E-state index contributed by atoms with van der Waals surface area (Å²) in [7, 11) is 0. The maximum atomic E-state index is 5.67. The van der Waals surface area contributed by atoms with Crippen molar-refractivity contribution < 1.29 is 4.74 Å². The first kappa shape index (κ1) is 10.3. The number of hydrogen-bond acceptors (Lipinski definition) is 2. The van der Waals surface area contributed by atoms with E-state index >= 15 is 0 Å². The molecule has 1 rings (SSSR count). The van der Waals surface area contributed by atoms with Crippen molar-refractivity contribution in [2.45, 2.75) is 18.9 Å². The van der Waals surface area contributed by atoms with Crippen LogP contribution in [0.4, 0.5) is 0 Å². The Kier molecular flexibility index (Phi) is 5.00. The van der Waals surface area contributed by atoms with E-state index in [1.165, 1.54) is 5.54 Å². The summed E-state index contributed by atoms with van der Waals surface area (Å²) in [5.74, 6) is 0. The normalized spacial score (nSPS) is 21.3. The van der Waals surface area contributed by atoms with E-state index in [-0.39, 0.29) is 0 Å². The molecule has 0 atom stereocenters. The first-order chi connectivity index (χ1) is 5.83. The van der Waals surface area contributed by atoms with Gasteiger partial charge >= 0.3 is 0 Å². The predicted octanol–water partition coefficient (Wildman–Crippen LogP) is 2.07. The lowest BCUT2D eigenvalue weighted by atomic mass is 10.1. The zero-order valence-electron chi connectivity index (χ0n) is 6.85. The summed E-state index contributed by atoms with van der Waals surface area (Å²) in [6, 6.07) is 0. The summed E-state index contributed by atoms with van der Waals surface area (Å²) >= 11 is 11.1. The second kappa shape index (κ2) is 5.81. The highest BCUT2D eigenvalue weighted by Crippen LogP contribution is 2.11. The quantitative estimate of drug-likeness (QED) is 0.769. The molecule has 1 aliphatic rings. The minimum atomic E-state index is 0.344. The van der Waals surface area contributed by atoms with E-state index in [1.54, 1.807) is 0 Å². The van der Waals surface area contributed by atoms with Crippen molar-refractivity contribution in [3.8, 4) is 0 Å². The van der Waals surface area contributed by atoms with Gasteiger partial charge in [0.1, 0.15) is 0 Å². The highest BCUT2D eigenvalue weighted by atomic mass is 35.5. The molecule has 12 heavy (non-hydrogen) atoms. The van der Waals surface area contributed by atoms with Gasteiger partial charge < -0.3 is 10.1 Å². The fourth-order valence-corrected chi connectivity index (χ4v) is 1.32. The molecule has 1 N–H and O–H groups in total. The van der Waals surface area contributed by atoms with E-state index in [4.69, 9.17) is 27.9 Å². The van der Waals surface area contributed by atoms with E-state index in [0.29, 0.717) is 17.7 Å². The Balaban J connectivity index is 2.13. The Hall–Kier alpha value is 0.240. The molecule has 1 heterocycles. The van der Waals surface area contributed by atoms with E-state index in [1.807, 2.05) is 0 Å². The van der Waals surface area contributed by atoms with Crippen molar-refractivity contribution in [3.05, 3.63) is 10.6 Å². The SMILES string of the molecule is Cl/C=C(/Cl)COC1CCNCC1. The molecule has 0 amide bonds. The summed E-state index contributed by atoms with van der Waals surface area (Å²) in [5, 5.41) is 3.83. The Morgan fingerprint density at radius 2 is 2.17 bits per heavy atom. The van der Waals surface area contributed by atoms with Gasteiger partial charge in [0.25, 0.3) is 0 Å². The fraction of sp³-hybridized carbons (Fsp3) is 0.750. The van der Waals surface area contributed by atoms with Gasteiger partial charge in [-0.25, -0.2) is 0 Å². The second-order valence-electron chi connectivity index (χ2n) is 2.82. The Morgan fingerprint density at radius 3 is 2.75 bits per heavy atom. The van der Waals surface area contributed by atoms with Crippen molar-refractivity contribution in [1.29, 1.82) is 0 Å². The average Bonchev–Trinajstić information content (AvgIpc) is 2.16. The Morgan fingerprint density at radius 1 is 1.50 bits per heavy atom. The van der Waals surface area contributed by atoms with Gasteiger partial charge in [0.2, 0.25) is 0 Å². The van der Waals surface area contributed by atoms with Crippen LogP contribution in [-0.2, 0) is 4.74 Å². The molecule has 70 valence electrons. The van der Waals surface area contributed by atoms with E-state index in [9.17, 15) is 0 Å². The van der Waals surface area contributed by atoms with Gasteiger partial charge in [0.15, 0.2) is 0 Å². The lowest BCUT2D eigenvalue weighted by molar-refractivity contribution is 0.0500. The number of hydrogen-bond donors (Lipinski definition) is 1. The van der Waals surface area contributed by atoms with Gasteiger partial charge in [-0.1, -0.05) is 23.2 Å². The maximum absolute atomic E-state index is 5.67. The smallest absolute Gasteiger partial charge is 0.0835 e. The van der Waals surface area contributed by atoms with Crippen molar-refractivity contribution in [3.63, 3.8) is 0 Å². The Labute approximate surface area is 82.9 Å². The molecule has 4 heteroatoms. The highest BCUT2D eigenvalue weighted by Gasteiger charge is 2.12. The molecule has 1 aliphatic heterocycles. The zero-order chi connectivity index (χ0) is 8.81. The number of piperidine rings is 1. The minimum Gasteiger partial charge on any atom is -0.372 e. The summed E-state index contributed by atoms with van der Waals surface area (Å²) in [6.45, 7) is 2.51. The second-order valence-corrected chi connectivity index (χ2v) is 3.52. The maximum Gasteiger partial charge on any atom is 0.0835 e. The monoisotopic (exact) mass is 209 g/mol. The van der Waals surface area contributed by atoms with Crippen molar-refractivity contribution >= 4 is 23.2 Å². The average molecular weight is 210 g/mol. The first-order valence-electron chi connectivity index (χ1n) is 4.10. The van der Waals surface area contributed by atoms with Gasteiger partial charge in [0.05, 0.1) is 17.7 Å². The fourth-order valence-electron chi connectivity index (χ4n) is 1.19. The molecule has 0 bridgehead atoms. The van der Waals surface area contributed by atoms with Crippen molar-refractivity contribution in [2.24, 2.45) is 0 Å². The summed E-state index contributed by atoms with van der Waals surface area (Å²) in [6.07, 6.45) is 2.47. The molecular weight excluding hydrogens is 197 g/mol. The number of halogens is 2. The molecule has 0 aromatic heterocycles. The molecule has 1 fully saturated rings. The first-order valence-corrected chi connectivity index (χ1v) is 4.91. The van der Waals surface area contributed by atoms with Crippen LogP contribution in [0.5, 0.6) is 0 Å². The molecule has 0 aromatic carbocycles. The van der Waals surface area contributed by atoms with Crippen LogP contribution < -0.4 is 5.32 Å². The number of nitrogens with one attached hydrogen (secondary N) is 1. The van der Waals surface area contributed by atoms with Crippen LogP contribution in [0.25, 0.3) is 0 Å². The highest BCUT2D eigenvalue weighted by molar-refractivity contribution is 6.36. The molecule has 0 saturated carbocycles. The largest absolute Gasteiger partial charge is 0.372 e. The predicted molar refractivity (Wildman–Crippen MR) is 51.6 cm³/mol. The lowest BCUT2D eigenvalue weighted by Crippen LogP contribution is -2.32. The molecule has 0 aliphatic carbocycles. The number of ether oxygens (including phenoxy) is 1. The molecule has 1 saturated heterocycles. The topological polar surface area (TPSA) is 21.3 Å². The minimum absolute atomic E-state index is 0.344. The van der Waals surface area contributed by atoms with Crippen LogP contribution in [-0.4, -0.2) is 25.8 Å². The summed E-state index contributed by atoms with van der Waals surface area (Å²) in [5.41, 5.74) is 1.35. The molecule has 2 nitrogen and oxygen atoms in total. The van der Waals surface area contributed by atoms with E-state index in [2.05, 4.69) is 5.32 Å². The summed E-state index contributed by atoms with van der Waals surface area (Å²) < 4.78 is 5.51. The summed E-state index contributed by atoms with van der Waals surface area (Å²) in [4.78, 5) is 0. The van der Waals surface area contributed by atoms with Crippen LogP contribution in [0.3, 0.4) is 0 Å². The van der Waals surface area contributed by atoms with Crippen LogP contribution >= 0.6 is 23.2 Å². The third-order valence-corrected chi connectivity index (χ3v) is 2.45. The van der Waals surface area contributed by atoms with Gasteiger partial charge in [0, 0.05) is 5.54 Å². The van der Waals surface area contributed by atoms with Gasteiger partial charge in [-0.05, 0) is 25.9 Å². The standard InChI is InChI=1S/C8H13Cl2NO/c9-5-7(10)6-12-8-1-3-11-4-2-8/h5,8,11H,1-4,6H2/b7-5+.